The second kappa shape index (κ2) is 7.45. The molecule has 1 aromatic carbocycles. The van der Waals surface area contributed by atoms with Gasteiger partial charge in [-0.3, -0.25) is 10.1 Å². The molecule has 0 saturated heterocycles. The van der Waals surface area contributed by atoms with Gasteiger partial charge in [-0.15, -0.1) is 0 Å². The number of hydrogen-bond acceptors (Lipinski definition) is 6. The molecule has 180 valence electrons. The van der Waals surface area contributed by atoms with Crippen LogP contribution in [0, 0.1) is 22.7 Å². The van der Waals surface area contributed by atoms with E-state index in [-0.39, 0.29) is 17.4 Å². The summed E-state index contributed by atoms with van der Waals surface area (Å²) in [4.78, 5) is 12.9. The molecule has 2 aromatic heterocycles. The van der Waals surface area contributed by atoms with Crippen molar-refractivity contribution in [2.24, 2.45) is 11.3 Å². The van der Waals surface area contributed by atoms with E-state index < -0.39 is 0 Å². The maximum atomic E-state index is 12.9. The number of nitrogens with one attached hydrogen (secondary N) is 1. The number of fused-ring (bicyclic) bond motifs is 1. The molecule has 6 rings (SSSR count). The van der Waals surface area contributed by atoms with Gasteiger partial charge in [0.2, 0.25) is 11.8 Å². The number of carbonyl (C=O) groups is 1. The normalized spacial score (nSPS) is 26.6. The quantitative estimate of drug-likeness (QED) is 0.514. The third-order valence-corrected chi connectivity index (χ3v) is 8.84. The fraction of sp³-hybridized carbons (Fsp3) is 0.481. The second-order valence-corrected chi connectivity index (χ2v) is 11.2. The molecule has 3 N–H and O–H groups in total. The molecule has 3 saturated carbocycles. The first-order chi connectivity index (χ1) is 16.7. The smallest absolute Gasteiger partial charge is 0.234 e. The van der Waals surface area contributed by atoms with Crippen molar-refractivity contribution in [1.29, 1.82) is 5.26 Å². The lowest BCUT2D eigenvalue weighted by Crippen LogP contribution is -2.52. The zero-order valence-corrected chi connectivity index (χ0v) is 20.3. The number of hydrogen-bond donors (Lipinski definition) is 2. The number of rotatable bonds is 6. The van der Waals surface area contributed by atoms with E-state index in [0.29, 0.717) is 40.2 Å². The van der Waals surface area contributed by atoms with Crippen LogP contribution < -0.4 is 11.1 Å². The largest absolute Gasteiger partial charge is 0.383 e. The van der Waals surface area contributed by atoms with Gasteiger partial charge in [0.15, 0.2) is 0 Å². The highest BCUT2D eigenvalue weighted by Crippen LogP contribution is 2.67. The summed E-state index contributed by atoms with van der Waals surface area (Å²) in [5, 5.41) is 21.4. The van der Waals surface area contributed by atoms with Gasteiger partial charge in [0.1, 0.15) is 23.1 Å². The molecular weight excluding hydrogens is 440 g/mol. The summed E-state index contributed by atoms with van der Waals surface area (Å²) in [5.41, 5.74) is 10.2. The van der Waals surface area contributed by atoms with Crippen LogP contribution >= 0.6 is 0 Å². The highest BCUT2D eigenvalue weighted by Gasteiger charge is 2.57. The minimum absolute atomic E-state index is 0.1000. The van der Waals surface area contributed by atoms with E-state index in [9.17, 15) is 10.1 Å². The average molecular weight is 471 g/mol. The molecule has 0 radical (unpaired) electrons. The summed E-state index contributed by atoms with van der Waals surface area (Å²) in [7, 11) is 0. The molecule has 0 spiro atoms. The van der Waals surface area contributed by atoms with Gasteiger partial charge in [-0.2, -0.15) is 10.4 Å². The Labute approximate surface area is 204 Å². The number of nitrogens with zero attached hydrogens (tertiary/aromatic N) is 4. The van der Waals surface area contributed by atoms with Crippen LogP contribution in [-0.4, -0.2) is 20.8 Å². The zero-order chi connectivity index (χ0) is 24.5. The SMILES string of the molecule is CC(C(=O)Nc1cc(C2CC3(C)CCC23)no1)c1ccc(-c2nn(C3(C)CC3)c(N)c2C#N)cc1. The van der Waals surface area contributed by atoms with Crippen LogP contribution in [0.25, 0.3) is 11.3 Å². The van der Waals surface area contributed by atoms with Crippen LogP contribution in [-0.2, 0) is 10.3 Å². The molecule has 0 aliphatic heterocycles. The molecule has 3 aromatic rings. The van der Waals surface area contributed by atoms with Gasteiger partial charge in [0.05, 0.1) is 17.2 Å². The Morgan fingerprint density at radius 1 is 1.29 bits per heavy atom. The number of benzene rings is 1. The van der Waals surface area contributed by atoms with Crippen molar-refractivity contribution in [1.82, 2.24) is 14.9 Å². The predicted octanol–water partition coefficient (Wildman–Crippen LogP) is 5.15. The number of nitrogens with two attached hydrogens (primary N) is 1. The highest BCUT2D eigenvalue weighted by atomic mass is 16.5. The van der Waals surface area contributed by atoms with Crippen LogP contribution in [0.4, 0.5) is 11.7 Å². The van der Waals surface area contributed by atoms with Gasteiger partial charge in [-0.05, 0) is 62.8 Å². The van der Waals surface area contributed by atoms with E-state index in [4.69, 9.17) is 10.3 Å². The standard InChI is InChI=1S/C27H30N6O2/c1-15(25(34)30-22-12-21(32-35-22)18-13-26(2)9-8-20(18)26)16-4-6-17(7-5-16)23-19(14-28)24(29)33(31-23)27(3)10-11-27/h4-7,12,15,18,20H,8-11,13,29H2,1-3H3,(H,30,34). The Morgan fingerprint density at radius 3 is 2.60 bits per heavy atom. The summed E-state index contributed by atoms with van der Waals surface area (Å²) in [6.07, 6.45) is 5.71. The number of carbonyl (C=O) groups excluding carboxylic acids is 1. The molecule has 8 heteroatoms. The summed E-state index contributed by atoms with van der Waals surface area (Å²) < 4.78 is 7.22. The van der Waals surface area contributed by atoms with E-state index in [0.717, 1.165) is 36.1 Å². The minimum atomic E-state index is -0.389. The van der Waals surface area contributed by atoms with E-state index in [2.05, 4.69) is 35.5 Å². The van der Waals surface area contributed by atoms with E-state index in [1.165, 1.54) is 12.8 Å². The number of anilines is 2. The Balaban J connectivity index is 1.15. The molecular formula is C27H30N6O2. The lowest BCUT2D eigenvalue weighted by atomic mass is 9.43. The molecule has 2 heterocycles. The van der Waals surface area contributed by atoms with Crippen molar-refractivity contribution in [3.63, 3.8) is 0 Å². The fourth-order valence-corrected chi connectivity index (χ4v) is 5.92. The Kier molecular flexibility index (Phi) is 4.66. The van der Waals surface area contributed by atoms with E-state index in [1.54, 1.807) is 4.68 Å². The van der Waals surface area contributed by atoms with Crippen LogP contribution in [0.3, 0.4) is 0 Å². The molecule has 0 bridgehead atoms. The van der Waals surface area contributed by atoms with Gasteiger partial charge in [-0.25, -0.2) is 4.68 Å². The number of amides is 1. The maximum absolute atomic E-state index is 12.9. The van der Waals surface area contributed by atoms with Gasteiger partial charge in [0.25, 0.3) is 0 Å². The molecule has 4 atom stereocenters. The number of nitrogen functional groups attached to an aromatic ring is 1. The van der Waals surface area contributed by atoms with Crippen LogP contribution in [0.5, 0.6) is 0 Å². The van der Waals surface area contributed by atoms with E-state index in [1.807, 2.05) is 37.3 Å². The molecule has 8 nitrogen and oxygen atoms in total. The summed E-state index contributed by atoms with van der Waals surface area (Å²) in [5.74, 6) is 1.41. The van der Waals surface area contributed by atoms with Crippen LogP contribution in [0.15, 0.2) is 34.9 Å². The van der Waals surface area contributed by atoms with Gasteiger partial charge >= 0.3 is 0 Å². The lowest BCUT2D eigenvalue weighted by Gasteiger charge is -2.61. The Morgan fingerprint density at radius 2 is 2.03 bits per heavy atom. The maximum Gasteiger partial charge on any atom is 0.234 e. The first-order valence-corrected chi connectivity index (χ1v) is 12.4. The van der Waals surface area contributed by atoms with E-state index >= 15 is 0 Å². The minimum Gasteiger partial charge on any atom is -0.383 e. The number of nitriles is 1. The highest BCUT2D eigenvalue weighted by molar-refractivity contribution is 5.94. The van der Waals surface area contributed by atoms with Gasteiger partial charge in [0, 0.05) is 17.5 Å². The van der Waals surface area contributed by atoms with Crippen molar-refractivity contribution in [3.8, 4) is 17.3 Å². The third-order valence-electron chi connectivity index (χ3n) is 8.84. The Hall–Kier alpha value is -3.60. The summed E-state index contributed by atoms with van der Waals surface area (Å²) in [6.45, 7) is 6.30. The number of aromatic nitrogens is 3. The molecule has 4 unspecified atom stereocenters. The van der Waals surface area contributed by atoms with Crippen molar-refractivity contribution in [2.45, 2.75) is 70.3 Å². The molecule has 35 heavy (non-hydrogen) atoms. The fourth-order valence-electron chi connectivity index (χ4n) is 5.92. The van der Waals surface area contributed by atoms with Crippen molar-refractivity contribution >= 4 is 17.6 Å². The molecule has 3 aliphatic rings. The first-order valence-electron chi connectivity index (χ1n) is 12.4. The van der Waals surface area contributed by atoms with Gasteiger partial charge < -0.3 is 10.3 Å². The molecule has 3 aliphatic carbocycles. The predicted molar refractivity (Wildman–Crippen MR) is 131 cm³/mol. The average Bonchev–Trinajstić information content (AvgIpc) is 3.26. The van der Waals surface area contributed by atoms with Crippen molar-refractivity contribution in [2.75, 3.05) is 11.1 Å². The van der Waals surface area contributed by atoms with Crippen LogP contribution in [0.2, 0.25) is 0 Å². The summed E-state index contributed by atoms with van der Waals surface area (Å²) in [6, 6.07) is 11.6. The van der Waals surface area contributed by atoms with Crippen molar-refractivity contribution < 1.29 is 9.32 Å². The second-order valence-electron chi connectivity index (χ2n) is 11.2. The molecule has 3 fully saturated rings. The van der Waals surface area contributed by atoms with Gasteiger partial charge in [-0.1, -0.05) is 36.3 Å². The monoisotopic (exact) mass is 470 g/mol. The molecule has 1 amide bonds. The topological polar surface area (TPSA) is 123 Å². The first kappa shape index (κ1) is 21.9. The summed E-state index contributed by atoms with van der Waals surface area (Å²) >= 11 is 0. The lowest BCUT2D eigenvalue weighted by molar-refractivity contribution is -0.117. The van der Waals surface area contributed by atoms with Crippen LogP contribution in [0.1, 0.15) is 81.5 Å². The third kappa shape index (κ3) is 3.36. The Bertz CT molecular complexity index is 1360. The van der Waals surface area contributed by atoms with Crippen molar-refractivity contribution in [3.05, 3.63) is 47.2 Å². The zero-order valence-electron chi connectivity index (χ0n) is 20.3.